The van der Waals surface area contributed by atoms with Gasteiger partial charge < -0.3 is 4.74 Å². The highest BCUT2D eigenvalue weighted by molar-refractivity contribution is 9.10. The number of hydrogen-bond acceptors (Lipinski definition) is 3. The molecule has 104 valence electrons. The standard InChI is InChI=1S/C14H11BrFNO3/c15-11-3-6-13(17(18)19)14(9-11)20-8-7-10-1-4-12(16)5-2-10/h1-6,9H,7-8H2. The van der Waals surface area contributed by atoms with E-state index < -0.39 is 4.92 Å². The lowest BCUT2D eigenvalue weighted by molar-refractivity contribution is -0.385. The number of halogens is 2. The summed E-state index contributed by atoms with van der Waals surface area (Å²) in [5, 5.41) is 10.9. The molecule has 0 amide bonds. The Bertz CT molecular complexity index is 616. The molecule has 0 bridgehead atoms. The fourth-order valence-corrected chi connectivity index (χ4v) is 2.02. The van der Waals surface area contributed by atoms with Crippen molar-refractivity contribution < 1.29 is 14.1 Å². The van der Waals surface area contributed by atoms with Gasteiger partial charge in [-0.1, -0.05) is 28.1 Å². The van der Waals surface area contributed by atoms with Crippen LogP contribution in [-0.4, -0.2) is 11.5 Å². The van der Waals surface area contributed by atoms with E-state index in [0.29, 0.717) is 10.9 Å². The van der Waals surface area contributed by atoms with Crippen molar-refractivity contribution in [1.82, 2.24) is 0 Å². The molecule has 4 nitrogen and oxygen atoms in total. The molecule has 0 atom stereocenters. The van der Waals surface area contributed by atoms with Crippen molar-refractivity contribution in [2.75, 3.05) is 6.61 Å². The van der Waals surface area contributed by atoms with Gasteiger partial charge in [0.1, 0.15) is 5.82 Å². The smallest absolute Gasteiger partial charge is 0.310 e. The summed E-state index contributed by atoms with van der Waals surface area (Å²) in [5.41, 5.74) is 0.830. The van der Waals surface area contributed by atoms with Crippen LogP contribution in [0.4, 0.5) is 10.1 Å². The lowest BCUT2D eigenvalue weighted by Crippen LogP contribution is -2.03. The quantitative estimate of drug-likeness (QED) is 0.608. The summed E-state index contributed by atoms with van der Waals surface area (Å²) in [7, 11) is 0. The van der Waals surface area contributed by atoms with Crippen LogP contribution in [0.1, 0.15) is 5.56 Å². The first-order valence-corrected chi connectivity index (χ1v) is 6.67. The Balaban J connectivity index is 2.02. The number of nitro groups is 1. The minimum atomic E-state index is -0.486. The van der Waals surface area contributed by atoms with E-state index in [0.717, 1.165) is 5.56 Å². The number of nitro benzene ring substituents is 1. The molecule has 0 heterocycles. The highest BCUT2D eigenvalue weighted by Gasteiger charge is 2.15. The highest BCUT2D eigenvalue weighted by Crippen LogP contribution is 2.30. The predicted molar refractivity (Wildman–Crippen MR) is 76.4 cm³/mol. The van der Waals surface area contributed by atoms with E-state index in [1.807, 2.05) is 0 Å². The second-order valence-electron chi connectivity index (χ2n) is 4.09. The maximum atomic E-state index is 12.7. The van der Waals surface area contributed by atoms with Gasteiger partial charge >= 0.3 is 5.69 Å². The molecule has 6 heteroatoms. The Labute approximate surface area is 123 Å². The third kappa shape index (κ3) is 3.77. The summed E-state index contributed by atoms with van der Waals surface area (Å²) in [4.78, 5) is 10.4. The van der Waals surface area contributed by atoms with Crippen LogP contribution in [-0.2, 0) is 6.42 Å². The van der Waals surface area contributed by atoms with E-state index in [-0.39, 0.29) is 23.9 Å². The molecule has 2 aromatic rings. The molecule has 0 aromatic heterocycles. The van der Waals surface area contributed by atoms with E-state index in [1.54, 1.807) is 24.3 Å². The molecule has 20 heavy (non-hydrogen) atoms. The fourth-order valence-electron chi connectivity index (χ4n) is 1.68. The summed E-state index contributed by atoms with van der Waals surface area (Å²) in [5.74, 6) is -0.0798. The van der Waals surface area contributed by atoms with E-state index in [4.69, 9.17) is 4.74 Å². The summed E-state index contributed by atoms with van der Waals surface area (Å²) in [6.45, 7) is 0.281. The van der Waals surface area contributed by atoms with Crippen molar-refractivity contribution >= 4 is 21.6 Å². The molecule has 2 aromatic carbocycles. The van der Waals surface area contributed by atoms with Crippen LogP contribution in [0, 0.1) is 15.9 Å². The van der Waals surface area contributed by atoms with Crippen LogP contribution in [0.2, 0.25) is 0 Å². The topological polar surface area (TPSA) is 52.4 Å². The average Bonchev–Trinajstić information content (AvgIpc) is 2.41. The number of nitrogens with zero attached hydrogens (tertiary/aromatic N) is 1. The first-order valence-electron chi connectivity index (χ1n) is 5.87. The van der Waals surface area contributed by atoms with Gasteiger partial charge in [-0.05, 0) is 23.8 Å². The zero-order valence-corrected chi connectivity index (χ0v) is 12.0. The fraction of sp³-hybridized carbons (Fsp3) is 0.143. The molecule has 0 unspecified atom stereocenters. The molecule has 0 fully saturated rings. The van der Waals surface area contributed by atoms with E-state index in [1.165, 1.54) is 18.2 Å². The van der Waals surface area contributed by atoms with Crippen molar-refractivity contribution in [1.29, 1.82) is 0 Å². The molecular formula is C14H11BrFNO3. The number of hydrogen-bond donors (Lipinski definition) is 0. The van der Waals surface area contributed by atoms with E-state index >= 15 is 0 Å². The molecule has 0 spiro atoms. The molecule has 0 aliphatic carbocycles. The molecule has 0 aliphatic rings. The summed E-state index contributed by atoms with van der Waals surface area (Å²) in [6.07, 6.45) is 0.546. The van der Waals surface area contributed by atoms with E-state index in [2.05, 4.69) is 15.9 Å². The Hall–Kier alpha value is -1.95. The Morgan fingerprint density at radius 1 is 1.20 bits per heavy atom. The van der Waals surface area contributed by atoms with Crippen molar-refractivity contribution in [2.24, 2.45) is 0 Å². The third-order valence-corrected chi connectivity index (χ3v) is 3.17. The zero-order valence-electron chi connectivity index (χ0n) is 10.4. The maximum absolute atomic E-state index is 12.7. The van der Waals surface area contributed by atoms with Gasteiger partial charge in [0.25, 0.3) is 0 Å². The van der Waals surface area contributed by atoms with Crippen molar-refractivity contribution in [3.8, 4) is 5.75 Å². The van der Waals surface area contributed by atoms with Crippen molar-refractivity contribution in [2.45, 2.75) is 6.42 Å². The van der Waals surface area contributed by atoms with Gasteiger partial charge in [0.15, 0.2) is 5.75 Å². The van der Waals surface area contributed by atoms with Crippen LogP contribution in [0.25, 0.3) is 0 Å². The molecular weight excluding hydrogens is 329 g/mol. The zero-order chi connectivity index (χ0) is 14.5. The largest absolute Gasteiger partial charge is 0.486 e. The van der Waals surface area contributed by atoms with Gasteiger partial charge in [-0.15, -0.1) is 0 Å². The van der Waals surface area contributed by atoms with Crippen LogP contribution in [0.15, 0.2) is 46.9 Å². The third-order valence-electron chi connectivity index (χ3n) is 2.68. The Morgan fingerprint density at radius 2 is 1.90 bits per heavy atom. The number of ether oxygens (including phenoxy) is 1. The highest BCUT2D eigenvalue weighted by atomic mass is 79.9. The minimum absolute atomic E-state index is 0.0766. The van der Waals surface area contributed by atoms with Crippen LogP contribution in [0.5, 0.6) is 5.75 Å². The number of benzene rings is 2. The average molecular weight is 340 g/mol. The molecule has 0 saturated heterocycles. The molecule has 0 radical (unpaired) electrons. The van der Waals surface area contributed by atoms with Gasteiger partial charge in [-0.25, -0.2) is 4.39 Å². The van der Waals surface area contributed by atoms with Crippen LogP contribution < -0.4 is 4.74 Å². The van der Waals surface area contributed by atoms with Gasteiger partial charge in [-0.2, -0.15) is 0 Å². The van der Waals surface area contributed by atoms with Crippen molar-refractivity contribution in [3.63, 3.8) is 0 Å². The van der Waals surface area contributed by atoms with Gasteiger partial charge in [0.2, 0.25) is 0 Å². The minimum Gasteiger partial charge on any atom is -0.486 e. The predicted octanol–water partition coefficient (Wildman–Crippen LogP) is 4.12. The van der Waals surface area contributed by atoms with Crippen molar-refractivity contribution in [3.05, 3.63) is 68.4 Å². The summed E-state index contributed by atoms with van der Waals surface area (Å²) >= 11 is 3.25. The first kappa shape index (κ1) is 14.5. The Morgan fingerprint density at radius 3 is 2.55 bits per heavy atom. The molecule has 0 saturated carbocycles. The molecule has 2 rings (SSSR count). The Kier molecular flexibility index (Phi) is 4.68. The normalized spacial score (nSPS) is 10.3. The summed E-state index contributed by atoms with van der Waals surface area (Å²) in [6, 6.07) is 10.6. The SMILES string of the molecule is O=[N+]([O-])c1ccc(Br)cc1OCCc1ccc(F)cc1. The maximum Gasteiger partial charge on any atom is 0.310 e. The lowest BCUT2D eigenvalue weighted by atomic mass is 10.2. The monoisotopic (exact) mass is 339 g/mol. The van der Waals surface area contributed by atoms with Gasteiger partial charge in [0, 0.05) is 23.0 Å². The molecule has 0 N–H and O–H groups in total. The first-order chi connectivity index (χ1) is 9.56. The summed E-state index contributed by atoms with van der Waals surface area (Å²) < 4.78 is 18.9. The molecule has 0 aliphatic heterocycles. The lowest BCUT2D eigenvalue weighted by Gasteiger charge is -2.07. The van der Waals surface area contributed by atoms with Crippen LogP contribution >= 0.6 is 15.9 Å². The second-order valence-corrected chi connectivity index (χ2v) is 5.01. The van der Waals surface area contributed by atoms with Crippen LogP contribution in [0.3, 0.4) is 0 Å². The second kappa shape index (κ2) is 6.47. The van der Waals surface area contributed by atoms with Gasteiger partial charge in [0.05, 0.1) is 11.5 Å². The van der Waals surface area contributed by atoms with E-state index in [9.17, 15) is 14.5 Å². The number of rotatable bonds is 5. The van der Waals surface area contributed by atoms with Gasteiger partial charge in [-0.3, -0.25) is 10.1 Å².